The first-order valence-corrected chi connectivity index (χ1v) is 7.54. The molecule has 2 aromatic rings. The van der Waals surface area contributed by atoms with Gasteiger partial charge in [-0.2, -0.15) is 5.10 Å². The number of aryl methyl sites for hydroxylation is 1. The van der Waals surface area contributed by atoms with Gasteiger partial charge in [-0.05, 0) is 38.4 Å². The number of nitrogens with one attached hydrogen (secondary N) is 2. The average Bonchev–Trinajstić information content (AvgIpc) is 2.81. The molecule has 21 heavy (non-hydrogen) atoms. The third-order valence-electron chi connectivity index (χ3n) is 3.52. The summed E-state index contributed by atoms with van der Waals surface area (Å²) in [6.07, 6.45) is 1.05. The van der Waals surface area contributed by atoms with Crippen LogP contribution in [0, 0.1) is 12.8 Å². The average molecular weight is 287 g/mol. The standard InChI is InChI=1S/C17H25N3O/c1-12(2)9-10-21-16-8-6-5-7-14(16)17-15(11-18-4)13(3)19-20-17/h5-8,12,18H,9-11H2,1-4H3,(H,19,20). The molecule has 0 atom stereocenters. The minimum atomic E-state index is 0.643. The van der Waals surface area contributed by atoms with Gasteiger partial charge in [0.25, 0.3) is 0 Å². The number of aromatic nitrogens is 2. The van der Waals surface area contributed by atoms with E-state index in [2.05, 4.69) is 35.4 Å². The van der Waals surface area contributed by atoms with Crippen LogP contribution in [0.1, 0.15) is 31.5 Å². The maximum Gasteiger partial charge on any atom is 0.128 e. The van der Waals surface area contributed by atoms with Crippen molar-refractivity contribution in [3.05, 3.63) is 35.5 Å². The smallest absolute Gasteiger partial charge is 0.128 e. The van der Waals surface area contributed by atoms with Crippen molar-refractivity contribution in [1.29, 1.82) is 0 Å². The van der Waals surface area contributed by atoms with Gasteiger partial charge >= 0.3 is 0 Å². The molecule has 0 aliphatic carbocycles. The Morgan fingerprint density at radius 2 is 2.05 bits per heavy atom. The number of H-pyrrole nitrogens is 1. The van der Waals surface area contributed by atoms with Crippen LogP contribution in [-0.4, -0.2) is 23.9 Å². The zero-order valence-electron chi connectivity index (χ0n) is 13.4. The molecule has 4 nitrogen and oxygen atoms in total. The van der Waals surface area contributed by atoms with Gasteiger partial charge in [-0.15, -0.1) is 0 Å². The topological polar surface area (TPSA) is 49.9 Å². The third-order valence-corrected chi connectivity index (χ3v) is 3.52. The molecule has 0 unspecified atom stereocenters. The second-order valence-electron chi connectivity index (χ2n) is 5.73. The lowest BCUT2D eigenvalue weighted by Gasteiger charge is -2.12. The number of rotatable bonds is 7. The molecule has 2 N–H and O–H groups in total. The quantitative estimate of drug-likeness (QED) is 0.819. The minimum absolute atomic E-state index is 0.643. The molecule has 0 bridgehead atoms. The first kappa shape index (κ1) is 15.6. The number of nitrogens with zero attached hydrogens (tertiary/aromatic N) is 1. The van der Waals surface area contributed by atoms with Crippen molar-refractivity contribution in [3.63, 3.8) is 0 Å². The van der Waals surface area contributed by atoms with Crippen molar-refractivity contribution in [3.8, 4) is 17.0 Å². The maximum absolute atomic E-state index is 5.97. The van der Waals surface area contributed by atoms with Crippen LogP contribution in [0.25, 0.3) is 11.3 Å². The summed E-state index contributed by atoms with van der Waals surface area (Å²) in [4.78, 5) is 0. The van der Waals surface area contributed by atoms with E-state index in [9.17, 15) is 0 Å². The number of aromatic amines is 1. The highest BCUT2D eigenvalue weighted by atomic mass is 16.5. The SMILES string of the molecule is CNCc1c(-c2ccccc2OCCC(C)C)n[nH]c1C. The molecular formula is C17H25N3O. The van der Waals surface area contributed by atoms with E-state index in [0.717, 1.165) is 42.3 Å². The van der Waals surface area contributed by atoms with Crippen LogP contribution in [0.5, 0.6) is 5.75 Å². The van der Waals surface area contributed by atoms with Gasteiger partial charge in [0.2, 0.25) is 0 Å². The van der Waals surface area contributed by atoms with Crippen molar-refractivity contribution in [1.82, 2.24) is 15.5 Å². The van der Waals surface area contributed by atoms with Gasteiger partial charge in [-0.25, -0.2) is 0 Å². The van der Waals surface area contributed by atoms with E-state index < -0.39 is 0 Å². The van der Waals surface area contributed by atoms with Crippen LogP contribution in [-0.2, 0) is 6.54 Å². The molecule has 0 saturated heterocycles. The van der Waals surface area contributed by atoms with Gasteiger partial charge in [0.1, 0.15) is 11.4 Å². The summed E-state index contributed by atoms with van der Waals surface area (Å²) in [7, 11) is 1.95. The number of hydrogen-bond acceptors (Lipinski definition) is 3. The van der Waals surface area contributed by atoms with E-state index in [1.54, 1.807) is 0 Å². The third kappa shape index (κ3) is 3.85. The summed E-state index contributed by atoms with van der Waals surface area (Å²) in [6, 6.07) is 8.12. The zero-order chi connectivity index (χ0) is 15.2. The fourth-order valence-electron chi connectivity index (χ4n) is 2.26. The van der Waals surface area contributed by atoms with Gasteiger partial charge in [0.05, 0.1) is 6.61 Å². The predicted molar refractivity (Wildman–Crippen MR) is 86.5 cm³/mol. The predicted octanol–water partition coefficient (Wildman–Crippen LogP) is 3.53. The largest absolute Gasteiger partial charge is 0.493 e. The van der Waals surface area contributed by atoms with Crippen LogP contribution in [0.4, 0.5) is 0 Å². The lowest BCUT2D eigenvalue weighted by molar-refractivity contribution is 0.290. The van der Waals surface area contributed by atoms with Crippen molar-refractivity contribution < 1.29 is 4.74 Å². The summed E-state index contributed by atoms with van der Waals surface area (Å²) in [5, 5.41) is 10.7. The van der Waals surface area contributed by atoms with E-state index in [4.69, 9.17) is 4.74 Å². The molecule has 0 amide bonds. The normalized spacial score (nSPS) is 11.1. The maximum atomic E-state index is 5.97. The summed E-state index contributed by atoms with van der Waals surface area (Å²) >= 11 is 0. The fraction of sp³-hybridized carbons (Fsp3) is 0.471. The first-order chi connectivity index (χ1) is 10.1. The Labute approximate surface area is 126 Å². The molecule has 2 rings (SSSR count). The van der Waals surface area contributed by atoms with E-state index in [1.807, 2.05) is 32.2 Å². The van der Waals surface area contributed by atoms with Crippen molar-refractivity contribution in [2.24, 2.45) is 5.92 Å². The van der Waals surface area contributed by atoms with Crippen LogP contribution < -0.4 is 10.1 Å². The number of benzene rings is 1. The Morgan fingerprint density at radius 1 is 1.29 bits per heavy atom. The number of hydrogen-bond donors (Lipinski definition) is 2. The fourth-order valence-corrected chi connectivity index (χ4v) is 2.26. The van der Waals surface area contributed by atoms with E-state index in [-0.39, 0.29) is 0 Å². The van der Waals surface area contributed by atoms with Crippen LogP contribution in [0.15, 0.2) is 24.3 Å². The molecule has 1 aromatic carbocycles. The highest BCUT2D eigenvalue weighted by Crippen LogP contribution is 2.32. The van der Waals surface area contributed by atoms with Gasteiger partial charge in [0, 0.05) is 23.4 Å². The molecule has 114 valence electrons. The molecule has 4 heteroatoms. The molecule has 1 heterocycles. The van der Waals surface area contributed by atoms with Crippen LogP contribution in [0.3, 0.4) is 0 Å². The second-order valence-corrected chi connectivity index (χ2v) is 5.73. The Hall–Kier alpha value is -1.81. The minimum Gasteiger partial charge on any atom is -0.493 e. The Bertz CT molecular complexity index is 575. The van der Waals surface area contributed by atoms with Gasteiger partial charge in [-0.3, -0.25) is 5.10 Å². The lowest BCUT2D eigenvalue weighted by atomic mass is 10.0. The monoisotopic (exact) mass is 287 g/mol. The first-order valence-electron chi connectivity index (χ1n) is 7.54. The van der Waals surface area contributed by atoms with Gasteiger partial charge < -0.3 is 10.1 Å². The summed E-state index contributed by atoms with van der Waals surface area (Å²) in [5.74, 6) is 1.55. The molecule has 0 fully saturated rings. The van der Waals surface area contributed by atoms with Gasteiger partial charge in [0.15, 0.2) is 0 Å². The van der Waals surface area contributed by atoms with E-state index in [1.165, 1.54) is 5.56 Å². The molecule has 0 radical (unpaired) electrons. The zero-order valence-corrected chi connectivity index (χ0v) is 13.4. The van der Waals surface area contributed by atoms with Crippen molar-refractivity contribution >= 4 is 0 Å². The highest BCUT2D eigenvalue weighted by molar-refractivity contribution is 5.70. The number of ether oxygens (including phenoxy) is 1. The van der Waals surface area contributed by atoms with Crippen molar-refractivity contribution in [2.45, 2.75) is 33.7 Å². The Kier molecular flexibility index (Phi) is 5.39. The molecule has 0 aliphatic heterocycles. The van der Waals surface area contributed by atoms with Crippen LogP contribution in [0.2, 0.25) is 0 Å². The molecule has 1 aromatic heterocycles. The molecular weight excluding hydrogens is 262 g/mol. The lowest BCUT2D eigenvalue weighted by Crippen LogP contribution is -2.07. The van der Waals surface area contributed by atoms with E-state index >= 15 is 0 Å². The van der Waals surface area contributed by atoms with Crippen molar-refractivity contribution in [2.75, 3.05) is 13.7 Å². The van der Waals surface area contributed by atoms with Gasteiger partial charge in [-0.1, -0.05) is 26.0 Å². The Balaban J connectivity index is 2.27. The second kappa shape index (κ2) is 7.27. The summed E-state index contributed by atoms with van der Waals surface area (Å²) < 4.78 is 5.97. The summed E-state index contributed by atoms with van der Waals surface area (Å²) in [5.41, 5.74) is 4.31. The molecule has 0 aliphatic rings. The van der Waals surface area contributed by atoms with E-state index in [0.29, 0.717) is 5.92 Å². The van der Waals surface area contributed by atoms with Crippen LogP contribution >= 0.6 is 0 Å². The molecule has 0 spiro atoms. The Morgan fingerprint density at radius 3 is 2.76 bits per heavy atom. The number of para-hydroxylation sites is 1. The molecule has 0 saturated carbocycles. The highest BCUT2D eigenvalue weighted by Gasteiger charge is 2.15. The summed E-state index contributed by atoms with van der Waals surface area (Å²) in [6.45, 7) is 7.98.